The van der Waals surface area contributed by atoms with Crippen LogP contribution in [0.25, 0.3) is 0 Å². The topological polar surface area (TPSA) is 46.5 Å². The molecule has 0 amide bonds. The molecule has 0 bridgehead atoms. The Labute approximate surface area is 114 Å². The summed E-state index contributed by atoms with van der Waals surface area (Å²) in [5.74, 6) is 0.691. The van der Waals surface area contributed by atoms with Crippen molar-refractivity contribution in [2.75, 3.05) is 7.11 Å². The first-order valence-electron chi connectivity index (χ1n) is 6.79. The summed E-state index contributed by atoms with van der Waals surface area (Å²) in [5, 5.41) is 10.3. The molecule has 2 atom stereocenters. The zero-order chi connectivity index (χ0) is 14.2. The lowest BCUT2D eigenvalue weighted by Gasteiger charge is -2.21. The summed E-state index contributed by atoms with van der Waals surface area (Å²) in [6, 6.07) is 5.82. The molecule has 0 spiro atoms. The molecule has 1 aromatic carbocycles. The highest BCUT2D eigenvalue weighted by molar-refractivity contribution is 5.80. The van der Waals surface area contributed by atoms with Gasteiger partial charge in [0.25, 0.3) is 0 Å². The normalized spacial score (nSPS) is 21.1. The Morgan fingerprint density at radius 2 is 2.00 bits per heavy atom. The van der Waals surface area contributed by atoms with Crippen molar-refractivity contribution in [2.45, 2.75) is 39.2 Å². The van der Waals surface area contributed by atoms with Crippen LogP contribution in [0.3, 0.4) is 0 Å². The third-order valence-electron chi connectivity index (χ3n) is 4.26. The van der Waals surface area contributed by atoms with Crippen LogP contribution in [0, 0.1) is 11.8 Å². The summed E-state index contributed by atoms with van der Waals surface area (Å²) >= 11 is 0. The number of methoxy groups -OCH3 is 1. The molecule has 0 aliphatic heterocycles. The minimum absolute atomic E-state index is 0.613. The van der Waals surface area contributed by atoms with Crippen LogP contribution in [0.4, 0.5) is 0 Å². The van der Waals surface area contributed by atoms with Gasteiger partial charge in [0.15, 0.2) is 5.60 Å². The van der Waals surface area contributed by atoms with Gasteiger partial charge in [0.05, 0.1) is 7.11 Å². The molecule has 2 unspecified atom stereocenters. The molecule has 0 fully saturated rings. The van der Waals surface area contributed by atoms with Gasteiger partial charge in [0, 0.05) is 0 Å². The number of rotatable bonds is 3. The number of ether oxygens (including phenoxy) is 1. The summed E-state index contributed by atoms with van der Waals surface area (Å²) in [6.45, 7) is 5.96. The molecular formula is C16H22O3. The number of carbonyl (C=O) groups excluding carboxylic acids is 1. The van der Waals surface area contributed by atoms with Gasteiger partial charge in [0.1, 0.15) is 0 Å². The lowest BCUT2D eigenvalue weighted by Crippen LogP contribution is -2.33. The first-order chi connectivity index (χ1) is 8.86. The second-order valence-corrected chi connectivity index (χ2v) is 5.96. The molecule has 2 rings (SSSR count). The van der Waals surface area contributed by atoms with E-state index in [9.17, 15) is 9.90 Å². The van der Waals surface area contributed by atoms with Gasteiger partial charge in [-0.05, 0) is 48.3 Å². The van der Waals surface area contributed by atoms with E-state index in [0.717, 1.165) is 12.8 Å². The van der Waals surface area contributed by atoms with Crippen LogP contribution in [0.2, 0.25) is 0 Å². The smallest absolute Gasteiger partial charge is 0.342 e. The van der Waals surface area contributed by atoms with Gasteiger partial charge in [-0.15, -0.1) is 0 Å². The number of fused-ring (bicyclic) bond motifs is 1. The third kappa shape index (κ3) is 2.52. The molecule has 0 saturated carbocycles. The Balaban J connectivity index is 2.30. The maximum atomic E-state index is 11.6. The third-order valence-corrected chi connectivity index (χ3v) is 4.26. The van der Waals surface area contributed by atoms with Crippen LogP contribution in [0.5, 0.6) is 0 Å². The van der Waals surface area contributed by atoms with E-state index in [-0.39, 0.29) is 0 Å². The fourth-order valence-corrected chi connectivity index (χ4v) is 2.74. The van der Waals surface area contributed by atoms with E-state index in [4.69, 9.17) is 0 Å². The monoisotopic (exact) mass is 262 g/mol. The molecule has 3 nitrogen and oxygen atoms in total. The summed E-state index contributed by atoms with van der Waals surface area (Å²) < 4.78 is 4.66. The van der Waals surface area contributed by atoms with E-state index in [1.165, 1.54) is 25.2 Å². The lowest BCUT2D eigenvalue weighted by molar-refractivity contribution is -0.161. The number of hydrogen-bond acceptors (Lipinski definition) is 3. The van der Waals surface area contributed by atoms with Gasteiger partial charge in [-0.3, -0.25) is 0 Å². The average molecular weight is 262 g/mol. The van der Waals surface area contributed by atoms with Crippen LogP contribution in [-0.2, 0) is 28.0 Å². The van der Waals surface area contributed by atoms with Crippen molar-refractivity contribution < 1.29 is 14.6 Å². The molecule has 0 radical (unpaired) electrons. The number of benzene rings is 1. The molecule has 19 heavy (non-hydrogen) atoms. The zero-order valence-corrected chi connectivity index (χ0v) is 12.1. The fraction of sp³-hybridized carbons (Fsp3) is 0.562. The van der Waals surface area contributed by atoms with E-state index in [0.29, 0.717) is 17.4 Å². The van der Waals surface area contributed by atoms with Crippen LogP contribution < -0.4 is 0 Å². The molecule has 104 valence electrons. The van der Waals surface area contributed by atoms with Gasteiger partial charge < -0.3 is 9.84 Å². The molecule has 0 aromatic heterocycles. The van der Waals surface area contributed by atoms with Crippen molar-refractivity contribution in [3.8, 4) is 0 Å². The van der Waals surface area contributed by atoms with Crippen LogP contribution in [-0.4, -0.2) is 18.2 Å². The van der Waals surface area contributed by atoms with Crippen molar-refractivity contribution in [3.63, 3.8) is 0 Å². The molecule has 0 heterocycles. The zero-order valence-electron chi connectivity index (χ0n) is 12.1. The first kappa shape index (κ1) is 14.1. The van der Waals surface area contributed by atoms with Crippen molar-refractivity contribution >= 4 is 5.97 Å². The second-order valence-electron chi connectivity index (χ2n) is 5.96. The summed E-state index contributed by atoms with van der Waals surface area (Å²) in [7, 11) is 1.29. The first-order valence-corrected chi connectivity index (χ1v) is 6.79. The van der Waals surface area contributed by atoms with E-state index < -0.39 is 11.6 Å². The molecule has 0 saturated heterocycles. The summed E-state index contributed by atoms with van der Waals surface area (Å²) in [4.78, 5) is 11.6. The second kappa shape index (κ2) is 4.97. The number of carbonyl (C=O) groups is 1. The highest BCUT2D eigenvalue weighted by atomic mass is 16.5. The van der Waals surface area contributed by atoms with Gasteiger partial charge in [-0.1, -0.05) is 32.0 Å². The molecule has 3 heteroatoms. The van der Waals surface area contributed by atoms with Crippen LogP contribution in [0.15, 0.2) is 18.2 Å². The van der Waals surface area contributed by atoms with Crippen molar-refractivity contribution in [2.24, 2.45) is 11.8 Å². The minimum Gasteiger partial charge on any atom is -0.467 e. The summed E-state index contributed by atoms with van der Waals surface area (Å²) in [6.07, 6.45) is 2.12. The van der Waals surface area contributed by atoms with E-state index >= 15 is 0 Å². The lowest BCUT2D eigenvalue weighted by atomic mass is 9.92. The Hall–Kier alpha value is -1.35. The van der Waals surface area contributed by atoms with Gasteiger partial charge >= 0.3 is 5.97 Å². The van der Waals surface area contributed by atoms with Crippen LogP contribution >= 0.6 is 0 Å². The summed E-state index contributed by atoms with van der Waals surface area (Å²) in [5.41, 5.74) is 1.63. The standard InChI is InChI=1S/C16H22O3/c1-10(2)12-7-11-5-6-14(9-13(11)8-12)16(3,18)15(17)19-4/h5-6,9-10,12,18H,7-8H2,1-4H3. The number of esters is 1. The Morgan fingerprint density at radius 3 is 2.58 bits per heavy atom. The largest absolute Gasteiger partial charge is 0.467 e. The average Bonchev–Trinajstić information content (AvgIpc) is 2.80. The molecule has 1 aliphatic carbocycles. The van der Waals surface area contributed by atoms with E-state index in [1.54, 1.807) is 0 Å². The van der Waals surface area contributed by atoms with Gasteiger partial charge in [0.2, 0.25) is 0 Å². The van der Waals surface area contributed by atoms with E-state index in [2.05, 4.69) is 18.6 Å². The van der Waals surface area contributed by atoms with Crippen molar-refractivity contribution in [3.05, 3.63) is 34.9 Å². The SMILES string of the molecule is COC(=O)C(C)(O)c1ccc2c(c1)CC(C(C)C)C2. The molecule has 1 N–H and O–H groups in total. The Morgan fingerprint density at radius 1 is 1.37 bits per heavy atom. The Bertz CT molecular complexity index is 489. The Kier molecular flexibility index (Phi) is 3.68. The minimum atomic E-state index is -1.57. The van der Waals surface area contributed by atoms with Gasteiger partial charge in [-0.2, -0.15) is 0 Å². The molecule has 1 aliphatic rings. The van der Waals surface area contributed by atoms with Crippen molar-refractivity contribution in [1.82, 2.24) is 0 Å². The fourth-order valence-electron chi connectivity index (χ4n) is 2.74. The maximum Gasteiger partial charge on any atom is 0.342 e. The maximum absolute atomic E-state index is 11.6. The van der Waals surface area contributed by atoms with Gasteiger partial charge in [-0.25, -0.2) is 4.79 Å². The molecular weight excluding hydrogens is 240 g/mol. The quantitative estimate of drug-likeness (QED) is 0.851. The molecule has 1 aromatic rings. The van der Waals surface area contributed by atoms with Crippen LogP contribution in [0.1, 0.15) is 37.5 Å². The number of aliphatic hydroxyl groups is 1. The predicted octanol–water partition coefficient (Wildman–Crippen LogP) is 2.44. The number of hydrogen-bond donors (Lipinski definition) is 1. The predicted molar refractivity (Wildman–Crippen MR) is 73.8 cm³/mol. The highest BCUT2D eigenvalue weighted by Crippen LogP contribution is 2.34. The highest BCUT2D eigenvalue weighted by Gasteiger charge is 2.35. The van der Waals surface area contributed by atoms with Crippen molar-refractivity contribution in [1.29, 1.82) is 0 Å². The van der Waals surface area contributed by atoms with E-state index in [1.807, 2.05) is 18.2 Å².